The molecule has 1 atom stereocenters. The van der Waals surface area contributed by atoms with Crippen molar-refractivity contribution >= 4 is 27.3 Å². The molecule has 2 rings (SSSR count). The van der Waals surface area contributed by atoms with E-state index in [0.29, 0.717) is 6.04 Å². The molecular weight excluding hydrogens is 334 g/mol. The van der Waals surface area contributed by atoms with Crippen molar-refractivity contribution in [2.75, 3.05) is 24.5 Å². The van der Waals surface area contributed by atoms with Gasteiger partial charge in [0.25, 0.3) is 5.69 Å². The van der Waals surface area contributed by atoms with Crippen LogP contribution in [0.2, 0.25) is 0 Å². The summed E-state index contributed by atoms with van der Waals surface area (Å²) in [5, 5.41) is 14.4. The van der Waals surface area contributed by atoms with E-state index in [9.17, 15) is 10.1 Å². The number of unbranched alkanes of at least 4 members (excludes halogenated alkanes) is 1. The maximum Gasteiger partial charge on any atom is 0.270 e. The van der Waals surface area contributed by atoms with Gasteiger partial charge in [-0.05, 0) is 47.8 Å². The van der Waals surface area contributed by atoms with Crippen molar-refractivity contribution < 1.29 is 4.92 Å². The van der Waals surface area contributed by atoms with Crippen molar-refractivity contribution in [3.8, 4) is 0 Å². The molecule has 1 N–H and O–H groups in total. The molecule has 1 unspecified atom stereocenters. The maximum absolute atomic E-state index is 10.8. The Hall–Kier alpha value is -1.14. The summed E-state index contributed by atoms with van der Waals surface area (Å²) >= 11 is 3.49. The Bertz CT molecular complexity index is 490. The minimum atomic E-state index is -0.358. The van der Waals surface area contributed by atoms with Crippen molar-refractivity contribution in [1.82, 2.24) is 5.32 Å². The topological polar surface area (TPSA) is 58.4 Å². The highest BCUT2D eigenvalue weighted by Crippen LogP contribution is 2.31. The largest absolute Gasteiger partial charge is 0.369 e. The van der Waals surface area contributed by atoms with E-state index >= 15 is 0 Å². The molecule has 1 aromatic carbocycles. The third-order valence-electron chi connectivity index (χ3n) is 3.87. The smallest absolute Gasteiger partial charge is 0.270 e. The highest BCUT2D eigenvalue weighted by atomic mass is 79.9. The fourth-order valence-electron chi connectivity index (χ4n) is 2.70. The second kappa shape index (κ2) is 7.75. The van der Waals surface area contributed by atoms with Gasteiger partial charge in [0, 0.05) is 35.7 Å². The van der Waals surface area contributed by atoms with Gasteiger partial charge in [-0.15, -0.1) is 0 Å². The fraction of sp³-hybridized carbons (Fsp3) is 0.600. The molecule has 21 heavy (non-hydrogen) atoms. The average molecular weight is 356 g/mol. The quantitative estimate of drug-likeness (QED) is 0.598. The molecule has 0 bridgehead atoms. The summed E-state index contributed by atoms with van der Waals surface area (Å²) in [5.74, 6) is 0. The number of nitrogens with one attached hydrogen (secondary N) is 1. The van der Waals surface area contributed by atoms with Crippen LogP contribution in [-0.4, -0.2) is 30.6 Å². The Labute approximate surface area is 134 Å². The molecule has 5 nitrogen and oxygen atoms in total. The maximum atomic E-state index is 10.8. The third-order valence-corrected chi connectivity index (χ3v) is 4.50. The predicted octanol–water partition coefficient (Wildman–Crippen LogP) is 3.72. The number of rotatable bonds is 7. The van der Waals surface area contributed by atoms with E-state index in [1.54, 1.807) is 12.1 Å². The van der Waals surface area contributed by atoms with E-state index in [-0.39, 0.29) is 10.6 Å². The molecule has 6 heteroatoms. The monoisotopic (exact) mass is 355 g/mol. The molecule has 0 aliphatic carbocycles. The molecule has 1 saturated heterocycles. The van der Waals surface area contributed by atoms with Gasteiger partial charge in [-0.3, -0.25) is 10.1 Å². The number of non-ortho nitro benzene ring substituents is 1. The Kier molecular flexibility index (Phi) is 5.99. The van der Waals surface area contributed by atoms with Crippen LogP contribution in [0.1, 0.15) is 32.6 Å². The highest BCUT2D eigenvalue weighted by molar-refractivity contribution is 9.10. The van der Waals surface area contributed by atoms with Gasteiger partial charge in [0.1, 0.15) is 0 Å². The summed E-state index contributed by atoms with van der Waals surface area (Å²) in [6.07, 6.45) is 4.69. The van der Waals surface area contributed by atoms with Crippen LogP contribution < -0.4 is 10.2 Å². The van der Waals surface area contributed by atoms with Crippen LogP contribution in [0.15, 0.2) is 22.7 Å². The van der Waals surface area contributed by atoms with Gasteiger partial charge >= 0.3 is 0 Å². The lowest BCUT2D eigenvalue weighted by Crippen LogP contribution is -2.38. The number of anilines is 1. The van der Waals surface area contributed by atoms with Gasteiger partial charge in [-0.1, -0.05) is 13.3 Å². The second-order valence-corrected chi connectivity index (χ2v) is 6.34. The zero-order valence-electron chi connectivity index (χ0n) is 12.3. The first kappa shape index (κ1) is 16.2. The summed E-state index contributed by atoms with van der Waals surface area (Å²) in [5.41, 5.74) is 1.17. The van der Waals surface area contributed by atoms with Crippen LogP contribution in [0.4, 0.5) is 11.4 Å². The van der Waals surface area contributed by atoms with E-state index < -0.39 is 0 Å². The summed E-state index contributed by atoms with van der Waals surface area (Å²) in [6, 6.07) is 5.55. The van der Waals surface area contributed by atoms with Crippen molar-refractivity contribution in [3.63, 3.8) is 0 Å². The van der Waals surface area contributed by atoms with Crippen LogP contribution in [0.25, 0.3) is 0 Å². The molecule has 0 amide bonds. The van der Waals surface area contributed by atoms with Gasteiger partial charge in [0.15, 0.2) is 0 Å². The van der Waals surface area contributed by atoms with Gasteiger partial charge < -0.3 is 10.2 Å². The van der Waals surface area contributed by atoms with Crippen LogP contribution in [-0.2, 0) is 0 Å². The lowest BCUT2D eigenvalue weighted by atomic mass is 10.1. The molecule has 0 saturated carbocycles. The zero-order valence-corrected chi connectivity index (χ0v) is 13.9. The van der Waals surface area contributed by atoms with E-state index in [0.717, 1.165) is 42.6 Å². The van der Waals surface area contributed by atoms with Crippen LogP contribution in [0.3, 0.4) is 0 Å². The third kappa shape index (κ3) is 4.41. The standard InChI is InChI=1S/C15H22BrN3O2/c1-2-3-9-18(11-12-5-4-8-17-12)15-7-6-13(19(20)21)10-14(15)16/h6-7,10,12,17H,2-5,8-9,11H2,1H3. The first-order valence-electron chi connectivity index (χ1n) is 7.54. The van der Waals surface area contributed by atoms with Crippen molar-refractivity contribution in [3.05, 3.63) is 32.8 Å². The number of halogens is 1. The van der Waals surface area contributed by atoms with E-state index in [4.69, 9.17) is 0 Å². The van der Waals surface area contributed by atoms with Crippen molar-refractivity contribution in [2.45, 2.75) is 38.6 Å². The minimum absolute atomic E-state index is 0.125. The molecule has 1 heterocycles. The average Bonchev–Trinajstić information content (AvgIpc) is 2.96. The Morgan fingerprint density at radius 2 is 2.33 bits per heavy atom. The molecule has 0 aromatic heterocycles. The second-order valence-electron chi connectivity index (χ2n) is 5.49. The van der Waals surface area contributed by atoms with Gasteiger partial charge in [-0.25, -0.2) is 0 Å². The van der Waals surface area contributed by atoms with Gasteiger partial charge in [0.2, 0.25) is 0 Å². The van der Waals surface area contributed by atoms with Crippen LogP contribution in [0.5, 0.6) is 0 Å². The molecular formula is C15H22BrN3O2. The molecule has 0 radical (unpaired) electrons. The minimum Gasteiger partial charge on any atom is -0.369 e. The normalized spacial score (nSPS) is 17.9. The SMILES string of the molecule is CCCCN(CC1CCCN1)c1ccc([N+](=O)[O-])cc1Br. The summed E-state index contributed by atoms with van der Waals surface area (Å²) in [6.45, 7) is 5.20. The Balaban J connectivity index is 2.16. The number of nitro groups is 1. The van der Waals surface area contributed by atoms with Gasteiger partial charge in [-0.2, -0.15) is 0 Å². The lowest BCUT2D eigenvalue weighted by molar-refractivity contribution is -0.384. The summed E-state index contributed by atoms with van der Waals surface area (Å²) in [7, 11) is 0. The highest BCUT2D eigenvalue weighted by Gasteiger charge is 2.20. The Morgan fingerprint density at radius 1 is 1.52 bits per heavy atom. The van der Waals surface area contributed by atoms with E-state index in [2.05, 4.69) is 33.1 Å². The number of benzene rings is 1. The molecule has 1 aliphatic rings. The van der Waals surface area contributed by atoms with Crippen LogP contribution >= 0.6 is 15.9 Å². The molecule has 1 fully saturated rings. The van der Waals surface area contributed by atoms with Crippen molar-refractivity contribution in [2.24, 2.45) is 0 Å². The number of hydrogen-bond donors (Lipinski definition) is 1. The number of hydrogen-bond acceptors (Lipinski definition) is 4. The summed E-state index contributed by atoms with van der Waals surface area (Å²) in [4.78, 5) is 12.8. The fourth-order valence-corrected chi connectivity index (χ4v) is 3.32. The zero-order chi connectivity index (χ0) is 15.2. The Morgan fingerprint density at radius 3 is 2.90 bits per heavy atom. The first-order chi connectivity index (χ1) is 10.1. The summed E-state index contributed by atoms with van der Waals surface area (Å²) < 4.78 is 0.797. The molecule has 1 aromatic rings. The molecule has 116 valence electrons. The predicted molar refractivity (Wildman–Crippen MR) is 88.9 cm³/mol. The van der Waals surface area contributed by atoms with Gasteiger partial charge in [0.05, 0.1) is 10.6 Å². The van der Waals surface area contributed by atoms with E-state index in [1.165, 1.54) is 12.8 Å². The first-order valence-corrected chi connectivity index (χ1v) is 8.33. The molecule has 0 spiro atoms. The van der Waals surface area contributed by atoms with E-state index in [1.807, 2.05) is 6.07 Å². The number of nitrogens with zero attached hydrogens (tertiary/aromatic N) is 2. The number of nitro benzene ring substituents is 1. The van der Waals surface area contributed by atoms with Crippen LogP contribution in [0, 0.1) is 10.1 Å². The lowest BCUT2D eigenvalue weighted by Gasteiger charge is -2.28. The molecule has 1 aliphatic heterocycles. The van der Waals surface area contributed by atoms with Crippen molar-refractivity contribution in [1.29, 1.82) is 0 Å².